The first-order valence-electron chi connectivity index (χ1n) is 5.73. The van der Waals surface area contributed by atoms with E-state index in [1.165, 1.54) is 6.92 Å². The first-order valence-corrected chi connectivity index (χ1v) is 5.73. The van der Waals surface area contributed by atoms with E-state index in [1.54, 1.807) is 7.05 Å². The number of carbonyl (C=O) groups excluding carboxylic acids is 1. The van der Waals surface area contributed by atoms with E-state index in [0.717, 1.165) is 0 Å². The summed E-state index contributed by atoms with van der Waals surface area (Å²) in [7, 11) is 1.60. The van der Waals surface area contributed by atoms with Crippen LogP contribution in [-0.4, -0.2) is 54.1 Å². The van der Waals surface area contributed by atoms with Gasteiger partial charge in [0, 0.05) is 19.9 Å². The SMILES string of the molecule is C.CC1O[C@@H](CO)C(N)[C@H](O)[C@@H]1C.CNC(C)=O. The van der Waals surface area contributed by atoms with Crippen molar-refractivity contribution in [1.29, 1.82) is 0 Å². The summed E-state index contributed by atoms with van der Waals surface area (Å²) in [6.45, 7) is 5.11. The fourth-order valence-electron chi connectivity index (χ4n) is 1.50. The Morgan fingerprint density at radius 2 is 1.89 bits per heavy atom. The molecule has 6 nitrogen and oxygen atoms in total. The molecule has 1 rings (SSSR count). The van der Waals surface area contributed by atoms with Crippen LogP contribution in [-0.2, 0) is 9.53 Å². The average Bonchev–Trinajstić information content (AvgIpc) is 2.31. The lowest BCUT2D eigenvalue weighted by Crippen LogP contribution is -2.58. The second kappa shape index (κ2) is 9.27. The highest BCUT2D eigenvalue weighted by atomic mass is 16.5. The van der Waals surface area contributed by atoms with E-state index in [2.05, 4.69) is 5.32 Å². The van der Waals surface area contributed by atoms with E-state index in [4.69, 9.17) is 15.6 Å². The van der Waals surface area contributed by atoms with E-state index in [0.29, 0.717) is 0 Å². The van der Waals surface area contributed by atoms with Crippen molar-refractivity contribution in [2.24, 2.45) is 11.7 Å². The van der Waals surface area contributed by atoms with Gasteiger partial charge in [0.1, 0.15) is 0 Å². The van der Waals surface area contributed by atoms with Gasteiger partial charge in [-0.15, -0.1) is 0 Å². The van der Waals surface area contributed by atoms with Crippen molar-refractivity contribution in [2.45, 2.75) is 52.6 Å². The minimum atomic E-state index is -0.578. The Balaban J connectivity index is 0. The molecular weight excluding hydrogens is 236 g/mol. The van der Waals surface area contributed by atoms with Gasteiger partial charge in [-0.25, -0.2) is 0 Å². The highest BCUT2D eigenvalue weighted by Gasteiger charge is 2.38. The smallest absolute Gasteiger partial charge is 0.216 e. The molecule has 0 aromatic rings. The molecule has 1 saturated heterocycles. The Labute approximate surface area is 110 Å². The molecule has 1 heterocycles. The zero-order chi connectivity index (χ0) is 13.6. The third-order valence-corrected chi connectivity index (χ3v) is 3.02. The predicted molar refractivity (Wildman–Crippen MR) is 71.0 cm³/mol. The lowest BCUT2D eigenvalue weighted by atomic mass is 9.88. The predicted octanol–water partition coefficient (Wildman–Crippen LogP) is -0.521. The molecule has 18 heavy (non-hydrogen) atoms. The molecule has 2 unspecified atom stereocenters. The molecule has 0 spiro atoms. The van der Waals surface area contributed by atoms with Crippen LogP contribution in [0.1, 0.15) is 28.2 Å². The monoisotopic (exact) mass is 264 g/mol. The topological polar surface area (TPSA) is 105 Å². The number of hydrogen-bond acceptors (Lipinski definition) is 5. The van der Waals surface area contributed by atoms with Crippen molar-refractivity contribution in [3.63, 3.8) is 0 Å². The maximum atomic E-state index is 9.70. The summed E-state index contributed by atoms with van der Waals surface area (Å²) in [6, 6.07) is -0.471. The van der Waals surface area contributed by atoms with E-state index in [9.17, 15) is 9.90 Å². The number of aliphatic hydroxyl groups is 2. The van der Waals surface area contributed by atoms with Crippen molar-refractivity contribution in [1.82, 2.24) is 5.32 Å². The molecule has 0 aliphatic carbocycles. The van der Waals surface area contributed by atoms with Gasteiger partial charge in [-0.3, -0.25) is 4.79 Å². The minimum Gasteiger partial charge on any atom is -0.394 e. The summed E-state index contributed by atoms with van der Waals surface area (Å²) in [5, 5.41) is 20.9. The summed E-state index contributed by atoms with van der Waals surface area (Å²) in [4.78, 5) is 9.70. The van der Waals surface area contributed by atoms with Crippen molar-refractivity contribution >= 4 is 5.91 Å². The lowest BCUT2D eigenvalue weighted by molar-refractivity contribution is -0.147. The van der Waals surface area contributed by atoms with Gasteiger partial charge in [-0.05, 0) is 6.92 Å². The molecule has 1 aliphatic rings. The van der Waals surface area contributed by atoms with Gasteiger partial charge in [0.05, 0.1) is 31.0 Å². The zero-order valence-electron chi connectivity index (χ0n) is 10.9. The molecule has 6 heteroatoms. The van der Waals surface area contributed by atoms with Crippen LogP contribution in [0.25, 0.3) is 0 Å². The molecule has 5 atom stereocenters. The van der Waals surface area contributed by atoms with E-state index in [1.807, 2.05) is 13.8 Å². The average molecular weight is 264 g/mol. The molecule has 0 aromatic carbocycles. The Morgan fingerprint density at radius 3 is 2.22 bits per heavy atom. The van der Waals surface area contributed by atoms with Crippen molar-refractivity contribution < 1.29 is 19.7 Å². The highest BCUT2D eigenvalue weighted by molar-refractivity contribution is 5.72. The Kier molecular flexibility index (Phi) is 10.1. The third kappa shape index (κ3) is 5.77. The fourth-order valence-corrected chi connectivity index (χ4v) is 1.50. The van der Waals surface area contributed by atoms with Gasteiger partial charge in [0.15, 0.2) is 0 Å². The maximum absolute atomic E-state index is 9.70. The fraction of sp³-hybridized carbons (Fsp3) is 0.917. The molecule has 0 bridgehead atoms. The van der Waals surface area contributed by atoms with Gasteiger partial charge in [0.25, 0.3) is 0 Å². The quantitative estimate of drug-likeness (QED) is 0.510. The van der Waals surface area contributed by atoms with Crippen LogP contribution >= 0.6 is 0 Å². The normalized spacial score (nSPS) is 34.7. The molecular formula is C12H28N2O4. The number of carbonyl (C=O) groups is 1. The largest absolute Gasteiger partial charge is 0.394 e. The molecule has 110 valence electrons. The third-order valence-electron chi connectivity index (χ3n) is 3.02. The standard InChI is InChI=1S/C8H17NO3.C3H7NO.CH4/c1-4-5(2)12-6(3-10)7(9)8(4)11;1-3(5)4-2;/h4-8,10-11H,3,9H2,1-2H3;1-2H3,(H,4,5);1H4/t4-,5?,6+,7?,8-;;/m1../s1. The second-order valence-electron chi connectivity index (χ2n) is 4.30. The lowest BCUT2D eigenvalue weighted by Gasteiger charge is -2.40. The van der Waals surface area contributed by atoms with Gasteiger partial charge in [-0.1, -0.05) is 14.4 Å². The number of hydrogen-bond donors (Lipinski definition) is 4. The van der Waals surface area contributed by atoms with Crippen LogP contribution in [0.5, 0.6) is 0 Å². The summed E-state index contributed by atoms with van der Waals surface area (Å²) in [6.07, 6.45) is -1.05. The van der Waals surface area contributed by atoms with Crippen molar-refractivity contribution in [2.75, 3.05) is 13.7 Å². The number of nitrogens with two attached hydrogens (primary N) is 1. The summed E-state index contributed by atoms with van der Waals surface area (Å²) >= 11 is 0. The maximum Gasteiger partial charge on any atom is 0.216 e. The molecule has 0 radical (unpaired) electrons. The van der Waals surface area contributed by atoms with Gasteiger partial charge >= 0.3 is 0 Å². The molecule has 1 aliphatic heterocycles. The first-order chi connectivity index (χ1) is 7.84. The van der Waals surface area contributed by atoms with Crippen LogP contribution in [0, 0.1) is 5.92 Å². The van der Waals surface area contributed by atoms with Crippen LogP contribution in [0.3, 0.4) is 0 Å². The van der Waals surface area contributed by atoms with E-state index < -0.39 is 18.2 Å². The number of ether oxygens (including phenoxy) is 1. The summed E-state index contributed by atoms with van der Waals surface area (Å²) in [5.74, 6) is 0.0350. The Hall–Kier alpha value is -0.690. The van der Waals surface area contributed by atoms with Crippen LogP contribution in [0.4, 0.5) is 0 Å². The molecule has 1 amide bonds. The minimum absolute atomic E-state index is 0. The zero-order valence-corrected chi connectivity index (χ0v) is 10.9. The van der Waals surface area contributed by atoms with Crippen molar-refractivity contribution in [3.8, 4) is 0 Å². The summed E-state index contributed by atoms with van der Waals surface area (Å²) < 4.78 is 5.40. The van der Waals surface area contributed by atoms with Crippen LogP contribution in [0.15, 0.2) is 0 Å². The Morgan fingerprint density at radius 1 is 1.44 bits per heavy atom. The molecule has 0 aromatic heterocycles. The van der Waals surface area contributed by atoms with Gasteiger partial charge in [0.2, 0.25) is 5.91 Å². The molecule has 1 fully saturated rings. The second-order valence-corrected chi connectivity index (χ2v) is 4.30. The van der Waals surface area contributed by atoms with E-state index in [-0.39, 0.29) is 32.0 Å². The molecule has 5 N–H and O–H groups in total. The first kappa shape index (κ1) is 19.6. The molecule has 0 saturated carbocycles. The number of aliphatic hydroxyl groups excluding tert-OH is 2. The highest BCUT2D eigenvalue weighted by Crippen LogP contribution is 2.23. The van der Waals surface area contributed by atoms with Gasteiger partial charge < -0.3 is 26.0 Å². The summed E-state index contributed by atoms with van der Waals surface area (Å²) in [5.41, 5.74) is 5.65. The Bertz CT molecular complexity index is 233. The number of nitrogens with one attached hydrogen (secondary N) is 1. The van der Waals surface area contributed by atoms with Crippen LogP contribution < -0.4 is 11.1 Å². The number of amides is 1. The van der Waals surface area contributed by atoms with Gasteiger partial charge in [-0.2, -0.15) is 0 Å². The van der Waals surface area contributed by atoms with E-state index >= 15 is 0 Å². The number of rotatable bonds is 1. The van der Waals surface area contributed by atoms with Crippen LogP contribution in [0.2, 0.25) is 0 Å². The van der Waals surface area contributed by atoms with Crippen molar-refractivity contribution in [3.05, 3.63) is 0 Å².